The highest BCUT2D eigenvalue weighted by molar-refractivity contribution is 6.03. The van der Waals surface area contributed by atoms with E-state index in [-0.39, 0.29) is 36.1 Å². The third-order valence-corrected chi connectivity index (χ3v) is 6.19. The number of ether oxygens (including phenoxy) is 1. The lowest BCUT2D eigenvalue weighted by atomic mass is 9.96. The first kappa shape index (κ1) is 22.0. The number of hydrazone groups is 1. The maximum atomic E-state index is 13.5. The predicted molar refractivity (Wildman–Crippen MR) is 118 cm³/mol. The number of hydrogen-bond acceptors (Lipinski definition) is 5. The summed E-state index contributed by atoms with van der Waals surface area (Å²) in [7, 11) is 1.61. The maximum absolute atomic E-state index is 13.5. The Kier molecular flexibility index (Phi) is 6.50. The molecular weight excluding hydrogens is 411 g/mol. The summed E-state index contributed by atoms with van der Waals surface area (Å²) in [4.78, 5) is 26.7. The number of nitrogens with zero attached hydrogens (tertiary/aromatic N) is 3. The van der Waals surface area contributed by atoms with Crippen molar-refractivity contribution in [1.82, 2.24) is 9.91 Å². The van der Waals surface area contributed by atoms with E-state index in [2.05, 4.69) is 5.10 Å². The van der Waals surface area contributed by atoms with E-state index >= 15 is 0 Å². The fourth-order valence-electron chi connectivity index (χ4n) is 4.28. The zero-order valence-corrected chi connectivity index (χ0v) is 18.0. The lowest BCUT2D eigenvalue weighted by Gasteiger charge is -2.31. The Morgan fingerprint density at radius 2 is 1.75 bits per heavy atom. The Morgan fingerprint density at radius 1 is 1.09 bits per heavy atom. The standard InChI is InChI=1S/C24H27FN4O3/c1-32-20-8-4-16(5-9-20)21-14-22(17-2-6-19(25)7-3-17)29(27-21)23(30)15-28-12-10-18(11-13-28)24(26)31/h2-9,18,22H,10-15H2,1H3,(H2,26,31). The Morgan fingerprint density at radius 3 is 2.34 bits per heavy atom. The lowest BCUT2D eigenvalue weighted by Crippen LogP contribution is -2.44. The van der Waals surface area contributed by atoms with Crippen molar-refractivity contribution in [3.05, 3.63) is 65.5 Å². The Labute approximate surface area is 186 Å². The second kappa shape index (κ2) is 9.48. The van der Waals surface area contributed by atoms with Gasteiger partial charge in [-0.3, -0.25) is 14.5 Å². The molecule has 1 unspecified atom stereocenters. The number of methoxy groups -OCH3 is 1. The number of carbonyl (C=O) groups excluding carboxylic acids is 2. The normalized spacial score (nSPS) is 19.6. The minimum Gasteiger partial charge on any atom is -0.497 e. The summed E-state index contributed by atoms with van der Waals surface area (Å²) in [6.07, 6.45) is 1.85. The Bertz CT molecular complexity index is 999. The van der Waals surface area contributed by atoms with Crippen LogP contribution in [-0.2, 0) is 9.59 Å². The molecule has 2 aliphatic rings. The molecule has 0 aromatic heterocycles. The van der Waals surface area contributed by atoms with Crippen LogP contribution in [0.4, 0.5) is 4.39 Å². The van der Waals surface area contributed by atoms with Gasteiger partial charge in [0.25, 0.3) is 5.91 Å². The van der Waals surface area contributed by atoms with Gasteiger partial charge in [0.15, 0.2) is 0 Å². The Hall–Kier alpha value is -3.26. The number of benzene rings is 2. The summed E-state index contributed by atoms with van der Waals surface area (Å²) in [6, 6.07) is 13.5. The largest absolute Gasteiger partial charge is 0.497 e. The van der Waals surface area contributed by atoms with Gasteiger partial charge in [-0.1, -0.05) is 12.1 Å². The SMILES string of the molecule is COc1ccc(C2=NN(C(=O)CN3CCC(C(N)=O)CC3)C(c3ccc(F)cc3)C2)cc1. The smallest absolute Gasteiger partial charge is 0.257 e. The van der Waals surface area contributed by atoms with E-state index < -0.39 is 0 Å². The zero-order valence-electron chi connectivity index (χ0n) is 18.0. The average molecular weight is 439 g/mol. The van der Waals surface area contributed by atoms with Gasteiger partial charge in [0.2, 0.25) is 5.91 Å². The van der Waals surface area contributed by atoms with Crippen molar-refractivity contribution in [3.63, 3.8) is 0 Å². The molecule has 2 aliphatic heterocycles. The molecular formula is C24H27FN4O3. The molecule has 0 saturated carbocycles. The van der Waals surface area contributed by atoms with Crippen molar-refractivity contribution in [1.29, 1.82) is 0 Å². The van der Waals surface area contributed by atoms with Crippen LogP contribution in [0.5, 0.6) is 5.75 Å². The maximum Gasteiger partial charge on any atom is 0.257 e. The number of carbonyl (C=O) groups is 2. The monoisotopic (exact) mass is 438 g/mol. The van der Waals surface area contributed by atoms with E-state index in [1.54, 1.807) is 19.2 Å². The van der Waals surface area contributed by atoms with Gasteiger partial charge in [-0.25, -0.2) is 9.40 Å². The number of nitrogens with two attached hydrogens (primary N) is 1. The number of rotatable bonds is 6. The first-order valence-corrected chi connectivity index (χ1v) is 10.8. The van der Waals surface area contributed by atoms with Gasteiger partial charge >= 0.3 is 0 Å². The van der Waals surface area contributed by atoms with Crippen molar-refractivity contribution >= 4 is 17.5 Å². The van der Waals surface area contributed by atoms with E-state index in [0.717, 1.165) is 22.6 Å². The number of likely N-dealkylation sites (tertiary alicyclic amines) is 1. The third-order valence-electron chi connectivity index (χ3n) is 6.19. The number of hydrogen-bond donors (Lipinski definition) is 1. The quantitative estimate of drug-likeness (QED) is 0.751. The fraction of sp³-hybridized carbons (Fsp3) is 0.375. The van der Waals surface area contributed by atoms with Crippen LogP contribution in [0.3, 0.4) is 0 Å². The molecule has 4 rings (SSSR count). The van der Waals surface area contributed by atoms with E-state index in [1.807, 2.05) is 29.2 Å². The molecule has 0 aliphatic carbocycles. The summed E-state index contributed by atoms with van der Waals surface area (Å²) in [5.41, 5.74) is 7.95. The summed E-state index contributed by atoms with van der Waals surface area (Å²) in [5, 5.41) is 6.19. The minimum absolute atomic E-state index is 0.125. The van der Waals surface area contributed by atoms with Crippen molar-refractivity contribution in [2.45, 2.75) is 25.3 Å². The molecule has 7 nitrogen and oxygen atoms in total. The van der Waals surface area contributed by atoms with Gasteiger partial charge in [0, 0.05) is 12.3 Å². The minimum atomic E-state index is -0.321. The average Bonchev–Trinajstić information content (AvgIpc) is 3.25. The lowest BCUT2D eigenvalue weighted by molar-refractivity contribution is -0.134. The van der Waals surface area contributed by atoms with Gasteiger partial charge in [-0.2, -0.15) is 5.10 Å². The van der Waals surface area contributed by atoms with E-state index in [4.69, 9.17) is 10.5 Å². The molecule has 8 heteroatoms. The molecule has 0 bridgehead atoms. The number of piperidine rings is 1. The fourth-order valence-corrected chi connectivity index (χ4v) is 4.28. The van der Waals surface area contributed by atoms with Gasteiger partial charge in [-0.05, 0) is 73.5 Å². The van der Waals surface area contributed by atoms with Crippen LogP contribution >= 0.6 is 0 Å². The van der Waals surface area contributed by atoms with Crippen LogP contribution in [0.1, 0.15) is 36.4 Å². The van der Waals surface area contributed by atoms with Crippen molar-refractivity contribution in [2.75, 3.05) is 26.7 Å². The van der Waals surface area contributed by atoms with E-state index in [1.165, 1.54) is 17.1 Å². The van der Waals surface area contributed by atoms with Gasteiger partial charge < -0.3 is 10.5 Å². The van der Waals surface area contributed by atoms with Crippen LogP contribution in [0.2, 0.25) is 0 Å². The second-order valence-corrected chi connectivity index (χ2v) is 8.24. The molecule has 0 radical (unpaired) electrons. The van der Waals surface area contributed by atoms with Crippen molar-refractivity contribution < 1.29 is 18.7 Å². The van der Waals surface area contributed by atoms with E-state index in [9.17, 15) is 14.0 Å². The molecule has 32 heavy (non-hydrogen) atoms. The Balaban J connectivity index is 1.53. The number of primary amides is 1. The summed E-state index contributed by atoms with van der Waals surface area (Å²) < 4.78 is 18.7. The third kappa shape index (κ3) is 4.80. The molecule has 1 fully saturated rings. The first-order valence-electron chi connectivity index (χ1n) is 10.8. The molecule has 2 amide bonds. The van der Waals surface area contributed by atoms with Gasteiger partial charge in [-0.15, -0.1) is 0 Å². The van der Waals surface area contributed by atoms with Crippen LogP contribution in [0.15, 0.2) is 53.6 Å². The highest BCUT2D eigenvalue weighted by Gasteiger charge is 2.34. The van der Waals surface area contributed by atoms with Gasteiger partial charge in [0.05, 0.1) is 25.4 Å². The summed E-state index contributed by atoms with van der Waals surface area (Å²) in [5.74, 6) is -0.103. The van der Waals surface area contributed by atoms with Crippen LogP contribution < -0.4 is 10.5 Å². The molecule has 1 saturated heterocycles. The first-order chi connectivity index (χ1) is 15.4. The topological polar surface area (TPSA) is 88.2 Å². The highest BCUT2D eigenvalue weighted by Crippen LogP contribution is 2.33. The number of halogens is 1. The molecule has 168 valence electrons. The van der Waals surface area contributed by atoms with Crippen LogP contribution in [0, 0.1) is 11.7 Å². The van der Waals surface area contributed by atoms with Crippen molar-refractivity contribution in [2.24, 2.45) is 16.8 Å². The molecule has 2 aromatic rings. The van der Waals surface area contributed by atoms with E-state index in [0.29, 0.717) is 32.4 Å². The van der Waals surface area contributed by atoms with Crippen molar-refractivity contribution in [3.8, 4) is 5.75 Å². The highest BCUT2D eigenvalue weighted by atomic mass is 19.1. The molecule has 2 aromatic carbocycles. The van der Waals surface area contributed by atoms with Gasteiger partial charge in [0.1, 0.15) is 11.6 Å². The van der Waals surface area contributed by atoms with Crippen LogP contribution in [0.25, 0.3) is 0 Å². The summed E-state index contributed by atoms with van der Waals surface area (Å²) in [6.45, 7) is 1.50. The van der Waals surface area contributed by atoms with Crippen LogP contribution in [-0.4, -0.2) is 54.2 Å². The second-order valence-electron chi connectivity index (χ2n) is 8.24. The molecule has 2 N–H and O–H groups in total. The number of amides is 2. The molecule has 0 spiro atoms. The molecule has 2 heterocycles. The molecule has 1 atom stereocenters. The summed E-state index contributed by atoms with van der Waals surface area (Å²) >= 11 is 0. The predicted octanol–water partition coefficient (Wildman–Crippen LogP) is 2.71. The zero-order chi connectivity index (χ0) is 22.7.